The van der Waals surface area contributed by atoms with E-state index in [1.807, 2.05) is 27.8 Å². The van der Waals surface area contributed by atoms with E-state index in [1.54, 1.807) is 0 Å². The Hall–Kier alpha value is -1.62. The number of aryl methyl sites for hydroxylation is 2. The monoisotopic (exact) mass is 235 g/mol. The van der Waals surface area contributed by atoms with E-state index in [-0.39, 0.29) is 0 Å². The summed E-state index contributed by atoms with van der Waals surface area (Å²) >= 11 is 0. The van der Waals surface area contributed by atoms with Crippen LogP contribution in [-0.4, -0.2) is 23.8 Å². The molecule has 0 saturated heterocycles. The van der Waals surface area contributed by atoms with Crippen molar-refractivity contribution in [3.8, 4) is 11.5 Å². The van der Waals surface area contributed by atoms with E-state index < -0.39 is 0 Å². The third-order valence-corrected chi connectivity index (χ3v) is 2.83. The topological polar surface area (TPSA) is 64.1 Å². The Kier molecular flexibility index (Phi) is 3.28. The van der Waals surface area contributed by atoms with Crippen LogP contribution in [0.4, 0.5) is 0 Å². The van der Waals surface area contributed by atoms with Gasteiger partial charge in [-0.05, 0) is 27.8 Å². The normalized spacial score (nSPS) is 11.1. The maximum atomic E-state index is 5.62. The van der Waals surface area contributed by atoms with Crippen LogP contribution in [0, 0.1) is 20.8 Å². The molecule has 2 heterocycles. The molecule has 5 heteroatoms. The molecule has 0 spiro atoms. The molecule has 2 aromatic heterocycles. The Labute approximate surface area is 100 Å². The van der Waals surface area contributed by atoms with Gasteiger partial charge < -0.3 is 14.2 Å². The van der Waals surface area contributed by atoms with E-state index in [4.69, 9.17) is 8.83 Å². The van der Waals surface area contributed by atoms with E-state index >= 15 is 0 Å². The third-order valence-electron chi connectivity index (χ3n) is 2.83. The van der Waals surface area contributed by atoms with Gasteiger partial charge in [-0.1, -0.05) is 0 Å². The summed E-state index contributed by atoms with van der Waals surface area (Å²) in [6, 6.07) is 0. The van der Waals surface area contributed by atoms with Crippen molar-refractivity contribution >= 4 is 0 Å². The zero-order valence-corrected chi connectivity index (χ0v) is 10.6. The summed E-state index contributed by atoms with van der Waals surface area (Å²) in [6.07, 6.45) is 0.735. The van der Waals surface area contributed by atoms with E-state index in [2.05, 4.69) is 15.5 Å². The van der Waals surface area contributed by atoms with Gasteiger partial charge in [-0.25, -0.2) is 0 Å². The molecule has 92 valence electrons. The zero-order valence-electron chi connectivity index (χ0n) is 10.6. The predicted molar refractivity (Wildman–Crippen MR) is 63.8 cm³/mol. The Bertz CT molecular complexity index is 514. The smallest absolute Gasteiger partial charge is 0.251 e. The van der Waals surface area contributed by atoms with Crippen molar-refractivity contribution < 1.29 is 8.83 Å². The van der Waals surface area contributed by atoms with Crippen LogP contribution in [0.15, 0.2) is 8.83 Å². The van der Waals surface area contributed by atoms with Crippen LogP contribution >= 0.6 is 0 Å². The Morgan fingerprint density at radius 1 is 1.06 bits per heavy atom. The highest BCUT2D eigenvalue weighted by Crippen LogP contribution is 2.30. The molecular weight excluding hydrogens is 218 g/mol. The first-order chi connectivity index (χ1) is 8.13. The highest BCUT2D eigenvalue weighted by atomic mass is 16.4. The summed E-state index contributed by atoms with van der Waals surface area (Å²) in [5, 5.41) is 11.1. The summed E-state index contributed by atoms with van der Waals surface area (Å²) in [5.74, 6) is 2.91. The van der Waals surface area contributed by atoms with E-state index in [1.165, 1.54) is 0 Å². The highest BCUT2D eigenvalue weighted by molar-refractivity contribution is 5.61. The molecule has 0 saturated carbocycles. The van der Waals surface area contributed by atoms with Crippen LogP contribution in [0.2, 0.25) is 0 Å². The average Bonchev–Trinajstić information content (AvgIpc) is 2.83. The van der Waals surface area contributed by atoms with Gasteiger partial charge >= 0.3 is 0 Å². The van der Waals surface area contributed by atoms with Gasteiger partial charge in [0.15, 0.2) is 0 Å². The predicted octanol–water partition coefficient (Wildman–Crippen LogP) is 2.02. The molecule has 0 aromatic carbocycles. The van der Waals surface area contributed by atoms with Crippen molar-refractivity contribution in [3.05, 3.63) is 23.0 Å². The fraction of sp³-hybridized carbons (Fsp3) is 0.500. The summed E-state index contributed by atoms with van der Waals surface area (Å²) < 4.78 is 11.2. The molecule has 2 aromatic rings. The molecule has 0 fully saturated rings. The molecule has 0 amide bonds. The lowest BCUT2D eigenvalue weighted by atomic mass is 10.1. The van der Waals surface area contributed by atoms with Crippen LogP contribution in [0.3, 0.4) is 0 Å². The fourth-order valence-corrected chi connectivity index (χ4v) is 1.80. The first-order valence-electron chi connectivity index (χ1n) is 5.67. The van der Waals surface area contributed by atoms with Gasteiger partial charge in [0, 0.05) is 18.5 Å². The number of nitrogens with one attached hydrogen (secondary N) is 1. The zero-order chi connectivity index (χ0) is 12.4. The molecule has 0 radical (unpaired) electrons. The van der Waals surface area contributed by atoms with Crippen molar-refractivity contribution in [2.75, 3.05) is 13.6 Å². The minimum Gasteiger partial charge on any atom is -0.466 e. The molecule has 0 aliphatic carbocycles. The fourth-order valence-electron chi connectivity index (χ4n) is 1.80. The lowest BCUT2D eigenvalue weighted by Crippen LogP contribution is -2.10. The average molecular weight is 235 g/mol. The summed E-state index contributed by atoms with van der Waals surface area (Å²) in [6.45, 7) is 6.67. The SMILES string of the molecule is CNCCc1nnc(-c2c(C)oc(C)c2C)o1. The second-order valence-corrected chi connectivity index (χ2v) is 4.07. The quantitative estimate of drug-likeness (QED) is 0.878. The number of hydrogen-bond donors (Lipinski definition) is 1. The van der Waals surface area contributed by atoms with Crippen molar-refractivity contribution in [1.29, 1.82) is 0 Å². The van der Waals surface area contributed by atoms with Gasteiger partial charge in [-0.2, -0.15) is 0 Å². The van der Waals surface area contributed by atoms with Crippen LogP contribution in [0.5, 0.6) is 0 Å². The number of hydrogen-bond acceptors (Lipinski definition) is 5. The van der Waals surface area contributed by atoms with Crippen molar-refractivity contribution in [2.45, 2.75) is 27.2 Å². The van der Waals surface area contributed by atoms with Gasteiger partial charge in [0.1, 0.15) is 11.5 Å². The third kappa shape index (κ3) is 2.24. The van der Waals surface area contributed by atoms with Gasteiger partial charge in [-0.15, -0.1) is 10.2 Å². The van der Waals surface area contributed by atoms with Crippen LogP contribution in [0.25, 0.3) is 11.5 Å². The molecule has 0 aliphatic rings. The number of furan rings is 1. The molecule has 0 unspecified atom stereocenters. The van der Waals surface area contributed by atoms with Crippen LogP contribution < -0.4 is 5.32 Å². The van der Waals surface area contributed by atoms with Crippen LogP contribution in [0.1, 0.15) is 23.0 Å². The standard InChI is InChI=1S/C12H17N3O2/c1-7-8(2)16-9(3)11(7)12-15-14-10(17-12)5-6-13-4/h13H,5-6H2,1-4H3. The Morgan fingerprint density at radius 2 is 1.82 bits per heavy atom. The van der Waals surface area contributed by atoms with Gasteiger partial charge in [-0.3, -0.25) is 0 Å². The molecule has 0 aliphatic heterocycles. The van der Waals surface area contributed by atoms with E-state index in [9.17, 15) is 0 Å². The Balaban J connectivity index is 2.30. The lowest BCUT2D eigenvalue weighted by molar-refractivity contribution is 0.490. The number of rotatable bonds is 4. The minimum absolute atomic E-state index is 0.544. The number of aromatic nitrogens is 2. The van der Waals surface area contributed by atoms with Crippen molar-refractivity contribution in [2.24, 2.45) is 0 Å². The minimum atomic E-state index is 0.544. The van der Waals surface area contributed by atoms with Gasteiger partial charge in [0.05, 0.1) is 5.56 Å². The lowest BCUT2D eigenvalue weighted by Gasteiger charge is -1.94. The number of nitrogens with zero attached hydrogens (tertiary/aromatic N) is 2. The maximum absolute atomic E-state index is 5.62. The van der Waals surface area contributed by atoms with E-state index in [0.717, 1.165) is 35.6 Å². The highest BCUT2D eigenvalue weighted by Gasteiger charge is 2.18. The summed E-state index contributed by atoms with van der Waals surface area (Å²) in [4.78, 5) is 0. The molecule has 17 heavy (non-hydrogen) atoms. The Morgan fingerprint density at radius 3 is 2.41 bits per heavy atom. The first-order valence-corrected chi connectivity index (χ1v) is 5.67. The molecule has 0 atom stereocenters. The van der Waals surface area contributed by atoms with Crippen molar-refractivity contribution in [1.82, 2.24) is 15.5 Å². The van der Waals surface area contributed by atoms with Gasteiger partial charge in [0.25, 0.3) is 5.89 Å². The molecular formula is C12H17N3O2. The number of likely N-dealkylation sites (N-methyl/N-ethyl adjacent to an activating group) is 1. The van der Waals surface area contributed by atoms with Crippen LogP contribution in [-0.2, 0) is 6.42 Å². The second-order valence-electron chi connectivity index (χ2n) is 4.07. The second kappa shape index (κ2) is 4.71. The molecule has 5 nitrogen and oxygen atoms in total. The molecule has 1 N–H and O–H groups in total. The van der Waals surface area contributed by atoms with Crippen molar-refractivity contribution in [3.63, 3.8) is 0 Å². The largest absolute Gasteiger partial charge is 0.466 e. The first kappa shape index (κ1) is 11.9. The summed E-state index contributed by atoms with van der Waals surface area (Å²) in [5.41, 5.74) is 1.98. The van der Waals surface area contributed by atoms with Gasteiger partial charge in [0.2, 0.25) is 5.89 Å². The molecule has 2 rings (SSSR count). The molecule has 0 bridgehead atoms. The summed E-state index contributed by atoms with van der Waals surface area (Å²) in [7, 11) is 1.89. The van der Waals surface area contributed by atoms with E-state index in [0.29, 0.717) is 11.8 Å². The maximum Gasteiger partial charge on any atom is 0.251 e.